The highest BCUT2D eigenvalue weighted by molar-refractivity contribution is 5.27. The average Bonchev–Trinajstić information content (AvgIpc) is 3.21. The van der Waals surface area contributed by atoms with Crippen LogP contribution in [0.3, 0.4) is 0 Å². The summed E-state index contributed by atoms with van der Waals surface area (Å²) in [4.78, 5) is 0. The third-order valence-electron chi connectivity index (χ3n) is 3.96. The minimum atomic E-state index is -0.431. The summed E-state index contributed by atoms with van der Waals surface area (Å²) in [5.74, 6) is 1.44. The van der Waals surface area contributed by atoms with E-state index in [0.29, 0.717) is 5.92 Å². The molecule has 17 heavy (non-hydrogen) atoms. The van der Waals surface area contributed by atoms with Gasteiger partial charge in [-0.2, -0.15) is 0 Å². The molecule has 0 heterocycles. The molecule has 2 rings (SSSR count). The van der Waals surface area contributed by atoms with E-state index in [2.05, 4.69) is 19.1 Å². The van der Waals surface area contributed by atoms with Crippen LogP contribution in [0.5, 0.6) is 5.75 Å². The molecular weight excluding hydrogens is 212 g/mol. The fourth-order valence-electron chi connectivity index (χ4n) is 2.44. The summed E-state index contributed by atoms with van der Waals surface area (Å²) in [7, 11) is 1.68. The average molecular weight is 234 g/mol. The van der Waals surface area contributed by atoms with E-state index < -0.39 is 5.60 Å². The fourth-order valence-corrected chi connectivity index (χ4v) is 2.44. The maximum Gasteiger partial charge on any atom is 0.118 e. The first-order valence-electron chi connectivity index (χ1n) is 6.53. The number of benzene rings is 1. The first-order chi connectivity index (χ1) is 8.18. The Hall–Kier alpha value is -1.02. The first kappa shape index (κ1) is 12.4. The van der Waals surface area contributed by atoms with Gasteiger partial charge in [0.2, 0.25) is 0 Å². The van der Waals surface area contributed by atoms with Crippen LogP contribution in [0.1, 0.15) is 38.2 Å². The predicted molar refractivity (Wildman–Crippen MR) is 69.3 cm³/mol. The summed E-state index contributed by atoms with van der Waals surface area (Å²) < 4.78 is 5.13. The number of hydrogen-bond acceptors (Lipinski definition) is 2. The lowest BCUT2D eigenvalue weighted by Gasteiger charge is -2.26. The fraction of sp³-hybridized carbons (Fsp3) is 0.600. The van der Waals surface area contributed by atoms with Gasteiger partial charge in [0.05, 0.1) is 12.7 Å². The molecule has 0 radical (unpaired) electrons. The minimum Gasteiger partial charge on any atom is -0.497 e. The predicted octanol–water partition coefficient (Wildman–Crippen LogP) is 3.18. The Labute approximate surface area is 104 Å². The maximum atomic E-state index is 10.5. The molecule has 1 aromatic rings. The number of methoxy groups -OCH3 is 1. The third kappa shape index (κ3) is 3.01. The summed E-state index contributed by atoms with van der Waals surface area (Å²) in [6, 6.07) is 8.14. The van der Waals surface area contributed by atoms with Crippen molar-refractivity contribution in [3.8, 4) is 5.75 Å². The molecule has 1 aliphatic carbocycles. The zero-order valence-corrected chi connectivity index (χ0v) is 10.8. The van der Waals surface area contributed by atoms with E-state index >= 15 is 0 Å². The summed E-state index contributed by atoms with van der Waals surface area (Å²) >= 11 is 0. The Balaban J connectivity index is 1.91. The molecule has 2 heteroatoms. The van der Waals surface area contributed by atoms with Gasteiger partial charge in [-0.3, -0.25) is 0 Å². The van der Waals surface area contributed by atoms with Crippen molar-refractivity contribution in [2.45, 2.75) is 44.6 Å². The van der Waals surface area contributed by atoms with Crippen molar-refractivity contribution in [3.63, 3.8) is 0 Å². The van der Waals surface area contributed by atoms with Crippen LogP contribution < -0.4 is 4.74 Å². The van der Waals surface area contributed by atoms with E-state index in [1.54, 1.807) is 7.11 Å². The maximum absolute atomic E-state index is 10.5. The topological polar surface area (TPSA) is 29.5 Å². The largest absolute Gasteiger partial charge is 0.497 e. The molecule has 1 aliphatic rings. The lowest BCUT2D eigenvalue weighted by atomic mass is 9.88. The summed E-state index contributed by atoms with van der Waals surface area (Å²) in [6.07, 6.45) is 5.10. The van der Waals surface area contributed by atoms with E-state index in [4.69, 9.17) is 4.74 Å². The Morgan fingerprint density at radius 2 is 1.94 bits per heavy atom. The molecule has 0 aromatic heterocycles. The van der Waals surface area contributed by atoms with Crippen LogP contribution in [0.4, 0.5) is 0 Å². The monoisotopic (exact) mass is 234 g/mol. The lowest BCUT2D eigenvalue weighted by Crippen LogP contribution is -2.31. The van der Waals surface area contributed by atoms with E-state index in [-0.39, 0.29) is 0 Å². The van der Waals surface area contributed by atoms with Gasteiger partial charge in [-0.15, -0.1) is 0 Å². The molecule has 1 saturated carbocycles. The van der Waals surface area contributed by atoms with Crippen molar-refractivity contribution in [3.05, 3.63) is 29.8 Å². The van der Waals surface area contributed by atoms with Crippen molar-refractivity contribution < 1.29 is 9.84 Å². The van der Waals surface area contributed by atoms with Crippen LogP contribution in [0.2, 0.25) is 0 Å². The summed E-state index contributed by atoms with van der Waals surface area (Å²) in [5.41, 5.74) is 0.846. The van der Waals surface area contributed by atoms with Crippen molar-refractivity contribution in [2.24, 2.45) is 5.92 Å². The molecule has 1 atom stereocenters. The molecule has 94 valence electrons. The van der Waals surface area contributed by atoms with Gasteiger partial charge in [-0.25, -0.2) is 0 Å². The standard InChI is InChI=1S/C15H22O2/c1-3-15(16,13-6-7-13)11-10-12-4-8-14(17-2)9-5-12/h4-5,8-9,13,16H,3,6-7,10-11H2,1-2H3. The van der Waals surface area contributed by atoms with E-state index in [9.17, 15) is 5.11 Å². The Morgan fingerprint density at radius 3 is 2.41 bits per heavy atom. The molecule has 0 aliphatic heterocycles. The van der Waals surface area contributed by atoms with Crippen LogP contribution >= 0.6 is 0 Å². The highest BCUT2D eigenvalue weighted by Gasteiger charge is 2.41. The SMILES string of the molecule is CCC(O)(CCc1ccc(OC)cc1)C1CC1. The molecule has 1 aromatic carbocycles. The zero-order valence-electron chi connectivity index (χ0n) is 10.8. The number of hydrogen-bond donors (Lipinski definition) is 1. The molecule has 2 nitrogen and oxygen atoms in total. The van der Waals surface area contributed by atoms with Gasteiger partial charge >= 0.3 is 0 Å². The van der Waals surface area contributed by atoms with Gasteiger partial charge < -0.3 is 9.84 Å². The Bertz CT molecular complexity index is 354. The van der Waals surface area contributed by atoms with Crippen molar-refractivity contribution >= 4 is 0 Å². The van der Waals surface area contributed by atoms with Crippen molar-refractivity contribution in [1.29, 1.82) is 0 Å². The normalized spacial score (nSPS) is 18.8. The van der Waals surface area contributed by atoms with Crippen LogP contribution in [0.15, 0.2) is 24.3 Å². The number of aryl methyl sites for hydroxylation is 1. The summed E-state index contributed by atoms with van der Waals surface area (Å²) in [5, 5.41) is 10.5. The van der Waals surface area contributed by atoms with Gasteiger partial charge in [0.25, 0.3) is 0 Å². The van der Waals surface area contributed by atoms with Gasteiger partial charge in [-0.05, 0) is 55.7 Å². The summed E-state index contributed by atoms with van der Waals surface area (Å²) in [6.45, 7) is 2.09. The van der Waals surface area contributed by atoms with E-state index in [0.717, 1.165) is 25.0 Å². The van der Waals surface area contributed by atoms with Gasteiger partial charge in [0.15, 0.2) is 0 Å². The number of rotatable bonds is 6. The van der Waals surface area contributed by atoms with E-state index in [1.165, 1.54) is 18.4 Å². The van der Waals surface area contributed by atoms with Crippen LogP contribution in [-0.2, 0) is 6.42 Å². The third-order valence-corrected chi connectivity index (χ3v) is 3.96. The molecule has 1 fully saturated rings. The molecule has 0 saturated heterocycles. The van der Waals surface area contributed by atoms with Crippen LogP contribution in [-0.4, -0.2) is 17.8 Å². The van der Waals surface area contributed by atoms with Gasteiger partial charge in [-0.1, -0.05) is 19.1 Å². The molecule has 1 unspecified atom stereocenters. The second-order valence-corrected chi connectivity index (χ2v) is 5.08. The smallest absolute Gasteiger partial charge is 0.118 e. The number of ether oxygens (including phenoxy) is 1. The zero-order chi connectivity index (χ0) is 12.3. The minimum absolute atomic E-state index is 0.431. The van der Waals surface area contributed by atoms with Crippen LogP contribution in [0, 0.1) is 5.92 Å². The molecule has 1 N–H and O–H groups in total. The lowest BCUT2D eigenvalue weighted by molar-refractivity contribution is 0.00548. The van der Waals surface area contributed by atoms with Gasteiger partial charge in [0.1, 0.15) is 5.75 Å². The highest BCUT2D eigenvalue weighted by Crippen LogP contribution is 2.43. The molecular formula is C15H22O2. The van der Waals surface area contributed by atoms with Gasteiger partial charge in [0, 0.05) is 0 Å². The van der Waals surface area contributed by atoms with E-state index in [1.807, 2.05) is 12.1 Å². The first-order valence-corrected chi connectivity index (χ1v) is 6.53. The molecule has 0 spiro atoms. The van der Waals surface area contributed by atoms with Crippen LogP contribution in [0.25, 0.3) is 0 Å². The highest BCUT2D eigenvalue weighted by atomic mass is 16.5. The second-order valence-electron chi connectivity index (χ2n) is 5.08. The Morgan fingerprint density at radius 1 is 1.29 bits per heavy atom. The molecule has 0 amide bonds. The quantitative estimate of drug-likeness (QED) is 0.819. The van der Waals surface area contributed by atoms with Crippen molar-refractivity contribution in [2.75, 3.05) is 7.11 Å². The second kappa shape index (κ2) is 5.09. The molecule has 0 bridgehead atoms. The number of aliphatic hydroxyl groups is 1. The Kier molecular flexibility index (Phi) is 3.72. The van der Waals surface area contributed by atoms with Crippen molar-refractivity contribution in [1.82, 2.24) is 0 Å².